The van der Waals surface area contributed by atoms with E-state index in [9.17, 15) is 4.79 Å². The van der Waals surface area contributed by atoms with Gasteiger partial charge in [-0.25, -0.2) is 9.68 Å². The van der Waals surface area contributed by atoms with Crippen LogP contribution in [0.15, 0.2) is 24.3 Å². The number of amides is 1. The molecule has 0 saturated heterocycles. The van der Waals surface area contributed by atoms with Gasteiger partial charge in [0.15, 0.2) is 0 Å². The van der Waals surface area contributed by atoms with Crippen LogP contribution in [-0.4, -0.2) is 24.3 Å². The lowest BCUT2D eigenvalue weighted by Crippen LogP contribution is -2.31. The van der Waals surface area contributed by atoms with E-state index in [0.717, 1.165) is 10.8 Å². The lowest BCUT2D eigenvalue weighted by molar-refractivity contribution is -0.323. The van der Waals surface area contributed by atoms with Crippen LogP contribution in [0.2, 0.25) is 0 Å². The van der Waals surface area contributed by atoms with Crippen LogP contribution >= 0.6 is 0 Å². The number of hydroxylamine groups is 2. The van der Waals surface area contributed by atoms with Crippen LogP contribution in [0.25, 0.3) is 0 Å². The number of benzene rings is 1. The van der Waals surface area contributed by atoms with Crippen molar-refractivity contribution in [2.45, 2.75) is 20.8 Å². The summed E-state index contributed by atoms with van der Waals surface area (Å²) in [6.07, 6.45) is 0. The van der Waals surface area contributed by atoms with E-state index in [1.165, 1.54) is 0 Å². The van der Waals surface area contributed by atoms with Crippen molar-refractivity contribution in [3.8, 4) is 0 Å². The van der Waals surface area contributed by atoms with Gasteiger partial charge >= 0.3 is 5.91 Å². The van der Waals surface area contributed by atoms with Gasteiger partial charge in [-0.2, -0.15) is 0 Å². The quantitative estimate of drug-likeness (QED) is 0.719. The van der Waals surface area contributed by atoms with E-state index in [0.29, 0.717) is 18.8 Å². The van der Waals surface area contributed by atoms with Crippen LogP contribution in [0.3, 0.4) is 0 Å². The van der Waals surface area contributed by atoms with Gasteiger partial charge in [0.1, 0.15) is 0 Å². The monoisotopic (exact) mass is 223 g/mol. The normalized spacial score (nSPS) is 10.2. The Balaban J connectivity index is 2.81. The van der Waals surface area contributed by atoms with Crippen molar-refractivity contribution >= 4 is 5.91 Å². The Hall–Kier alpha value is -1.39. The van der Waals surface area contributed by atoms with Crippen molar-refractivity contribution in [1.29, 1.82) is 0 Å². The molecule has 0 unspecified atom stereocenters. The molecule has 16 heavy (non-hydrogen) atoms. The lowest BCUT2D eigenvalue weighted by atomic mass is 10.1. The maximum absolute atomic E-state index is 12.0. The largest absolute Gasteiger partial charge is 0.303 e. The first-order valence-electron chi connectivity index (χ1n) is 5.36. The molecule has 1 aromatic carbocycles. The number of hydrogen-bond acceptors (Lipinski definition) is 3. The minimum atomic E-state index is -0.285. The first-order valence-corrected chi connectivity index (χ1v) is 5.36. The van der Waals surface area contributed by atoms with E-state index in [1.807, 2.05) is 19.1 Å². The molecule has 0 spiro atoms. The predicted octanol–water partition coefficient (Wildman–Crippen LogP) is 2.34. The Kier molecular flexibility index (Phi) is 4.95. The predicted molar refractivity (Wildman–Crippen MR) is 60.6 cm³/mol. The van der Waals surface area contributed by atoms with Crippen LogP contribution in [0.1, 0.15) is 29.8 Å². The fraction of sp³-hybridized carbons (Fsp3) is 0.417. The molecular weight excluding hydrogens is 206 g/mol. The summed E-state index contributed by atoms with van der Waals surface area (Å²) in [5, 5.41) is 0.939. The average Bonchev–Trinajstić information content (AvgIpc) is 2.28. The van der Waals surface area contributed by atoms with Gasteiger partial charge in [-0.05, 0) is 32.9 Å². The number of rotatable bonds is 5. The molecule has 0 aliphatic heterocycles. The standard InChI is InChI=1S/C12H17NO3/c1-4-15-13(16-5-2)12(14)11-8-6-7-10(3)9-11/h6-9H,4-5H2,1-3H3. The summed E-state index contributed by atoms with van der Waals surface area (Å²) >= 11 is 0. The highest BCUT2D eigenvalue weighted by Gasteiger charge is 2.16. The van der Waals surface area contributed by atoms with Gasteiger partial charge in [0.05, 0.1) is 13.2 Å². The Morgan fingerprint density at radius 3 is 2.38 bits per heavy atom. The number of aryl methyl sites for hydroxylation is 1. The highest BCUT2D eigenvalue weighted by atomic mass is 17.0. The zero-order chi connectivity index (χ0) is 12.0. The molecule has 0 radical (unpaired) electrons. The third-order valence-electron chi connectivity index (χ3n) is 1.92. The van der Waals surface area contributed by atoms with Crippen molar-refractivity contribution < 1.29 is 14.5 Å². The molecule has 1 amide bonds. The molecule has 0 bridgehead atoms. The third kappa shape index (κ3) is 3.32. The zero-order valence-electron chi connectivity index (χ0n) is 9.90. The van der Waals surface area contributed by atoms with E-state index in [2.05, 4.69) is 0 Å². The van der Waals surface area contributed by atoms with Gasteiger partial charge in [0.2, 0.25) is 0 Å². The first kappa shape index (κ1) is 12.7. The molecule has 0 atom stereocenters. The van der Waals surface area contributed by atoms with Crippen LogP contribution in [0.4, 0.5) is 0 Å². The Labute approximate surface area is 95.7 Å². The van der Waals surface area contributed by atoms with E-state index in [4.69, 9.17) is 9.68 Å². The maximum atomic E-state index is 12.0. The van der Waals surface area contributed by atoms with Crippen LogP contribution in [0.5, 0.6) is 0 Å². The van der Waals surface area contributed by atoms with Crippen molar-refractivity contribution in [3.05, 3.63) is 35.4 Å². The van der Waals surface area contributed by atoms with Crippen LogP contribution in [0, 0.1) is 6.92 Å². The zero-order valence-corrected chi connectivity index (χ0v) is 9.90. The maximum Gasteiger partial charge on any atom is 0.303 e. The number of carbonyl (C=O) groups excluding carboxylic acids is 1. The van der Waals surface area contributed by atoms with Crippen LogP contribution < -0.4 is 0 Å². The minimum Gasteiger partial charge on any atom is -0.264 e. The van der Waals surface area contributed by atoms with Crippen molar-refractivity contribution in [2.24, 2.45) is 0 Å². The van der Waals surface area contributed by atoms with E-state index in [1.54, 1.807) is 26.0 Å². The van der Waals surface area contributed by atoms with Crippen molar-refractivity contribution in [1.82, 2.24) is 5.23 Å². The second kappa shape index (κ2) is 6.25. The van der Waals surface area contributed by atoms with Crippen molar-refractivity contribution in [2.75, 3.05) is 13.2 Å². The molecule has 0 N–H and O–H groups in total. The summed E-state index contributed by atoms with van der Waals surface area (Å²) in [6, 6.07) is 7.30. The summed E-state index contributed by atoms with van der Waals surface area (Å²) in [7, 11) is 0. The molecule has 0 fully saturated rings. The molecule has 0 heterocycles. The highest BCUT2D eigenvalue weighted by Crippen LogP contribution is 2.08. The molecule has 88 valence electrons. The molecule has 0 aromatic heterocycles. The second-order valence-electron chi connectivity index (χ2n) is 3.27. The lowest BCUT2D eigenvalue weighted by Gasteiger charge is -2.19. The Morgan fingerprint density at radius 2 is 1.88 bits per heavy atom. The summed E-state index contributed by atoms with van der Waals surface area (Å²) in [6.45, 7) is 6.31. The first-order chi connectivity index (χ1) is 7.69. The SMILES string of the molecule is CCON(OCC)C(=O)c1cccc(C)c1. The molecule has 1 rings (SSSR count). The summed E-state index contributed by atoms with van der Waals surface area (Å²) < 4.78 is 0. The van der Waals surface area contributed by atoms with Gasteiger partial charge in [0, 0.05) is 5.56 Å². The third-order valence-corrected chi connectivity index (χ3v) is 1.92. The topological polar surface area (TPSA) is 38.8 Å². The van der Waals surface area contributed by atoms with Gasteiger partial charge in [-0.3, -0.25) is 4.79 Å². The fourth-order valence-electron chi connectivity index (χ4n) is 1.27. The van der Waals surface area contributed by atoms with Gasteiger partial charge in [0.25, 0.3) is 0 Å². The number of nitrogens with zero attached hydrogens (tertiary/aromatic N) is 1. The Morgan fingerprint density at radius 1 is 1.25 bits per heavy atom. The van der Waals surface area contributed by atoms with E-state index >= 15 is 0 Å². The number of hydrogen-bond donors (Lipinski definition) is 0. The van der Waals surface area contributed by atoms with E-state index < -0.39 is 0 Å². The Bertz CT molecular complexity index is 346. The molecule has 4 nitrogen and oxygen atoms in total. The van der Waals surface area contributed by atoms with E-state index in [-0.39, 0.29) is 5.91 Å². The summed E-state index contributed by atoms with van der Waals surface area (Å²) in [4.78, 5) is 22.2. The fourth-order valence-corrected chi connectivity index (χ4v) is 1.27. The minimum absolute atomic E-state index is 0.285. The molecule has 1 aromatic rings. The molecule has 0 saturated carbocycles. The summed E-state index contributed by atoms with van der Waals surface area (Å²) in [5.41, 5.74) is 1.58. The molecular formula is C12H17NO3. The molecule has 0 aliphatic rings. The van der Waals surface area contributed by atoms with Gasteiger partial charge in [-0.1, -0.05) is 22.9 Å². The van der Waals surface area contributed by atoms with Crippen LogP contribution in [-0.2, 0) is 9.68 Å². The average molecular weight is 223 g/mol. The molecule has 0 aliphatic carbocycles. The number of carbonyl (C=O) groups is 1. The van der Waals surface area contributed by atoms with Crippen molar-refractivity contribution in [3.63, 3.8) is 0 Å². The van der Waals surface area contributed by atoms with Gasteiger partial charge < -0.3 is 0 Å². The second-order valence-corrected chi connectivity index (χ2v) is 3.27. The molecule has 4 heteroatoms. The highest BCUT2D eigenvalue weighted by molar-refractivity contribution is 5.93. The smallest absolute Gasteiger partial charge is 0.264 e. The van der Waals surface area contributed by atoms with Gasteiger partial charge in [-0.15, -0.1) is 0 Å². The summed E-state index contributed by atoms with van der Waals surface area (Å²) in [5.74, 6) is -0.285.